The molecule has 1 aromatic heterocycles. The predicted octanol–water partition coefficient (Wildman–Crippen LogP) is 1.24. The SMILES string of the molecule is [Br-].c1ccc([P+](Cc2cc[se]c2)(c2ccccc2)c2ccccc2)cc1. The topological polar surface area (TPSA) is 0 Å². The second-order valence-electron chi connectivity index (χ2n) is 6.11. The molecule has 0 saturated heterocycles. The Kier molecular flexibility index (Phi) is 6.68. The van der Waals surface area contributed by atoms with E-state index in [-0.39, 0.29) is 17.0 Å². The Hall–Kier alpha value is -1.43. The molecule has 3 heteroatoms. The molecule has 0 bridgehead atoms. The fraction of sp³-hybridized carbons (Fsp3) is 0.0435. The number of hydrogen-bond donors (Lipinski definition) is 0. The first kappa shape index (κ1) is 19.3. The third kappa shape index (κ3) is 3.80. The number of hydrogen-bond acceptors (Lipinski definition) is 0. The normalized spacial score (nSPS) is 10.9. The molecule has 0 atom stereocenters. The summed E-state index contributed by atoms with van der Waals surface area (Å²) in [6.45, 7) is 0. The monoisotopic (exact) mass is 486 g/mol. The van der Waals surface area contributed by atoms with Crippen molar-refractivity contribution in [3.05, 3.63) is 113 Å². The first-order valence-electron chi connectivity index (χ1n) is 8.45. The van der Waals surface area contributed by atoms with Crippen LogP contribution in [0.2, 0.25) is 0 Å². The fourth-order valence-corrected chi connectivity index (χ4v) is 9.34. The van der Waals surface area contributed by atoms with Crippen LogP contribution in [0.5, 0.6) is 0 Å². The molecule has 0 unspecified atom stereocenters. The quantitative estimate of drug-likeness (QED) is 0.295. The molecule has 0 radical (unpaired) electrons. The Labute approximate surface area is 172 Å². The molecule has 26 heavy (non-hydrogen) atoms. The zero-order valence-corrected chi connectivity index (χ0v) is 18.5. The van der Waals surface area contributed by atoms with Crippen molar-refractivity contribution in [1.29, 1.82) is 0 Å². The van der Waals surface area contributed by atoms with Gasteiger partial charge in [-0.3, -0.25) is 0 Å². The number of benzene rings is 3. The third-order valence-electron chi connectivity index (χ3n) is 4.59. The van der Waals surface area contributed by atoms with Crippen molar-refractivity contribution in [1.82, 2.24) is 0 Å². The molecule has 0 spiro atoms. The van der Waals surface area contributed by atoms with Gasteiger partial charge in [0.1, 0.15) is 0 Å². The van der Waals surface area contributed by atoms with Crippen LogP contribution in [0.25, 0.3) is 0 Å². The van der Waals surface area contributed by atoms with Crippen molar-refractivity contribution in [2.24, 2.45) is 0 Å². The van der Waals surface area contributed by atoms with E-state index in [0.29, 0.717) is 14.5 Å². The number of halogens is 1. The van der Waals surface area contributed by atoms with E-state index in [0.717, 1.165) is 6.16 Å². The van der Waals surface area contributed by atoms with Crippen LogP contribution in [-0.2, 0) is 6.16 Å². The Morgan fingerprint density at radius 1 is 0.577 bits per heavy atom. The minimum atomic E-state index is -1.71. The van der Waals surface area contributed by atoms with Gasteiger partial charge in [-0.2, -0.15) is 0 Å². The van der Waals surface area contributed by atoms with Crippen molar-refractivity contribution >= 4 is 37.7 Å². The summed E-state index contributed by atoms with van der Waals surface area (Å²) in [7, 11) is -1.71. The van der Waals surface area contributed by atoms with Crippen molar-refractivity contribution in [3.8, 4) is 0 Å². The van der Waals surface area contributed by atoms with Crippen LogP contribution in [0.1, 0.15) is 5.56 Å². The molecule has 0 aliphatic heterocycles. The van der Waals surface area contributed by atoms with E-state index >= 15 is 0 Å². The molecule has 0 aliphatic rings. The molecular formula is C23H20BrPSe. The summed E-state index contributed by atoms with van der Waals surface area (Å²) in [5, 5.41) is 4.38. The standard InChI is InChI=1S/C23H20PSe.BrH/c1-4-10-21(11-5-1)24(18-20-16-17-25-19-20,22-12-6-2-7-13-22)23-14-8-3-9-15-23;/h1-17,19H,18H2;1H/q+1;/p-1. The van der Waals surface area contributed by atoms with Crippen LogP contribution in [0.3, 0.4) is 0 Å². The van der Waals surface area contributed by atoms with Gasteiger partial charge in [-0.15, -0.1) is 0 Å². The van der Waals surface area contributed by atoms with E-state index in [2.05, 4.69) is 107 Å². The zero-order chi connectivity index (χ0) is 17.0. The summed E-state index contributed by atoms with van der Waals surface area (Å²) >= 11 is 0.523. The molecule has 0 nitrogen and oxygen atoms in total. The second-order valence-corrected chi connectivity index (χ2v) is 11.2. The van der Waals surface area contributed by atoms with E-state index in [9.17, 15) is 0 Å². The molecule has 4 rings (SSSR count). The van der Waals surface area contributed by atoms with Crippen molar-refractivity contribution < 1.29 is 17.0 Å². The molecule has 4 aromatic rings. The summed E-state index contributed by atoms with van der Waals surface area (Å²) in [4.78, 5) is 4.77. The van der Waals surface area contributed by atoms with E-state index in [4.69, 9.17) is 0 Å². The maximum absolute atomic E-state index is 2.44. The van der Waals surface area contributed by atoms with Crippen LogP contribution in [0, 0.1) is 0 Å². The second kappa shape index (κ2) is 8.98. The van der Waals surface area contributed by atoms with Gasteiger partial charge in [0.05, 0.1) is 0 Å². The molecule has 3 aromatic carbocycles. The molecule has 0 fully saturated rings. The summed E-state index contributed by atoms with van der Waals surface area (Å²) in [5.74, 6) is 0. The van der Waals surface area contributed by atoms with Gasteiger partial charge in [0, 0.05) is 0 Å². The average Bonchev–Trinajstić information content (AvgIpc) is 3.21. The molecule has 0 aliphatic carbocycles. The Morgan fingerprint density at radius 3 is 1.35 bits per heavy atom. The molecule has 0 N–H and O–H groups in total. The Balaban J connectivity index is 0.00000196. The molecule has 1 heterocycles. The van der Waals surface area contributed by atoms with Crippen LogP contribution in [0.15, 0.2) is 107 Å². The van der Waals surface area contributed by atoms with Gasteiger partial charge >= 0.3 is 156 Å². The number of rotatable bonds is 5. The maximum atomic E-state index is 2.44. The van der Waals surface area contributed by atoms with Gasteiger partial charge in [-0.25, -0.2) is 0 Å². The van der Waals surface area contributed by atoms with E-state index in [1.807, 2.05) is 0 Å². The zero-order valence-electron chi connectivity index (χ0n) is 14.3. The van der Waals surface area contributed by atoms with E-state index in [1.165, 1.54) is 21.5 Å². The van der Waals surface area contributed by atoms with Crippen LogP contribution in [-0.4, -0.2) is 14.5 Å². The van der Waals surface area contributed by atoms with Crippen molar-refractivity contribution in [2.45, 2.75) is 6.16 Å². The summed E-state index contributed by atoms with van der Waals surface area (Å²) < 4.78 is 0. The summed E-state index contributed by atoms with van der Waals surface area (Å²) in [6, 6.07) is 35.7. The van der Waals surface area contributed by atoms with Crippen molar-refractivity contribution in [2.75, 3.05) is 0 Å². The molecule has 0 amide bonds. The third-order valence-corrected chi connectivity index (χ3v) is 10.5. The van der Waals surface area contributed by atoms with Gasteiger partial charge in [0.2, 0.25) is 0 Å². The van der Waals surface area contributed by atoms with Gasteiger partial charge < -0.3 is 17.0 Å². The minimum absolute atomic E-state index is 0. The van der Waals surface area contributed by atoms with Gasteiger partial charge in [-0.1, -0.05) is 0 Å². The Morgan fingerprint density at radius 2 is 1.00 bits per heavy atom. The van der Waals surface area contributed by atoms with Crippen molar-refractivity contribution in [3.63, 3.8) is 0 Å². The van der Waals surface area contributed by atoms with Gasteiger partial charge in [0.15, 0.2) is 0 Å². The predicted molar refractivity (Wildman–Crippen MR) is 112 cm³/mol. The molecule has 0 saturated carbocycles. The molecule has 130 valence electrons. The first-order chi connectivity index (χ1) is 12.4. The van der Waals surface area contributed by atoms with Gasteiger partial charge in [-0.05, 0) is 0 Å². The molecular weight excluding hydrogens is 466 g/mol. The van der Waals surface area contributed by atoms with Crippen LogP contribution in [0.4, 0.5) is 0 Å². The van der Waals surface area contributed by atoms with E-state index in [1.54, 1.807) is 0 Å². The summed E-state index contributed by atoms with van der Waals surface area (Å²) in [5.41, 5.74) is 1.49. The average molecular weight is 486 g/mol. The van der Waals surface area contributed by atoms with Crippen LogP contribution < -0.4 is 32.9 Å². The van der Waals surface area contributed by atoms with Gasteiger partial charge in [0.25, 0.3) is 0 Å². The Bertz CT molecular complexity index is 810. The summed E-state index contributed by atoms with van der Waals surface area (Å²) in [6.07, 6.45) is 1.10. The first-order valence-corrected chi connectivity index (χ1v) is 12.4. The fourth-order valence-electron chi connectivity index (χ4n) is 3.42. The van der Waals surface area contributed by atoms with E-state index < -0.39 is 7.26 Å². The van der Waals surface area contributed by atoms with Crippen LogP contribution >= 0.6 is 7.26 Å².